The molecule has 0 atom stereocenters. The van der Waals surface area contributed by atoms with Gasteiger partial charge in [-0.2, -0.15) is 15.0 Å². The Bertz CT molecular complexity index is 1010. The molecule has 172 valence electrons. The standard InChI is InChI=1S/C23H24ClN5O4/c1-3-13-32-19(30)15-5-9-17(10-6-15)25-22-27-21(24)28-23(29-22)26-18-11-7-16(8-12-18)20(31)33-14-4-2/h5-12H,3-4,13-14H2,1-2H3,(H2,25,26,27,28,29). The van der Waals surface area contributed by atoms with Crippen LogP contribution in [-0.2, 0) is 9.47 Å². The summed E-state index contributed by atoms with van der Waals surface area (Å²) in [6.07, 6.45) is 1.52. The summed E-state index contributed by atoms with van der Waals surface area (Å²) in [5.74, 6) is -0.303. The van der Waals surface area contributed by atoms with Crippen molar-refractivity contribution < 1.29 is 19.1 Å². The molecule has 2 N–H and O–H groups in total. The average molecular weight is 470 g/mol. The summed E-state index contributed by atoms with van der Waals surface area (Å²) in [5.41, 5.74) is 2.22. The predicted molar refractivity (Wildman–Crippen MR) is 125 cm³/mol. The summed E-state index contributed by atoms with van der Waals surface area (Å²) >= 11 is 6.05. The molecule has 0 amide bonds. The van der Waals surface area contributed by atoms with E-state index in [0.29, 0.717) is 35.7 Å². The van der Waals surface area contributed by atoms with E-state index in [2.05, 4.69) is 25.6 Å². The number of carbonyl (C=O) groups is 2. The van der Waals surface area contributed by atoms with Crippen molar-refractivity contribution in [2.75, 3.05) is 23.8 Å². The van der Waals surface area contributed by atoms with Gasteiger partial charge in [0.1, 0.15) is 0 Å². The summed E-state index contributed by atoms with van der Waals surface area (Å²) in [6.45, 7) is 4.62. The first-order valence-electron chi connectivity index (χ1n) is 10.5. The molecule has 3 aromatic rings. The number of nitrogens with zero attached hydrogens (tertiary/aromatic N) is 3. The van der Waals surface area contributed by atoms with Crippen LogP contribution in [0.1, 0.15) is 47.4 Å². The van der Waals surface area contributed by atoms with Gasteiger partial charge in [-0.25, -0.2) is 9.59 Å². The lowest BCUT2D eigenvalue weighted by atomic mass is 10.2. The van der Waals surface area contributed by atoms with E-state index in [9.17, 15) is 9.59 Å². The smallest absolute Gasteiger partial charge is 0.338 e. The number of anilines is 4. The highest BCUT2D eigenvalue weighted by Crippen LogP contribution is 2.20. The Labute approximate surface area is 196 Å². The highest BCUT2D eigenvalue weighted by atomic mass is 35.5. The minimum absolute atomic E-state index is 0.00507. The molecule has 0 aliphatic heterocycles. The highest BCUT2D eigenvalue weighted by Gasteiger charge is 2.10. The Kier molecular flexibility index (Phi) is 8.54. The normalized spacial score (nSPS) is 10.4. The number of carbonyl (C=O) groups excluding carboxylic acids is 2. The van der Waals surface area contributed by atoms with Gasteiger partial charge in [0, 0.05) is 11.4 Å². The monoisotopic (exact) mass is 469 g/mol. The first kappa shape index (κ1) is 23.9. The minimum atomic E-state index is -0.372. The number of ether oxygens (including phenoxy) is 2. The van der Waals surface area contributed by atoms with Crippen LogP contribution in [0, 0.1) is 0 Å². The predicted octanol–water partition coefficient (Wildman–Crippen LogP) is 5.15. The topological polar surface area (TPSA) is 115 Å². The van der Waals surface area contributed by atoms with Crippen LogP contribution < -0.4 is 10.6 Å². The zero-order chi connectivity index (χ0) is 23.6. The lowest BCUT2D eigenvalue weighted by molar-refractivity contribution is 0.0496. The fraction of sp³-hybridized carbons (Fsp3) is 0.261. The molecule has 33 heavy (non-hydrogen) atoms. The number of rotatable bonds is 10. The molecule has 1 aromatic heterocycles. The van der Waals surface area contributed by atoms with Crippen LogP contribution in [0.15, 0.2) is 48.5 Å². The number of halogens is 1. The van der Waals surface area contributed by atoms with Crippen LogP contribution in [-0.4, -0.2) is 40.1 Å². The third kappa shape index (κ3) is 7.15. The van der Waals surface area contributed by atoms with Crippen molar-refractivity contribution in [3.05, 3.63) is 64.9 Å². The van der Waals surface area contributed by atoms with Crippen LogP contribution in [0.2, 0.25) is 5.28 Å². The summed E-state index contributed by atoms with van der Waals surface area (Å²) in [6, 6.07) is 13.4. The van der Waals surface area contributed by atoms with Gasteiger partial charge >= 0.3 is 11.9 Å². The second-order valence-corrected chi connectivity index (χ2v) is 7.27. The zero-order valence-corrected chi connectivity index (χ0v) is 19.1. The van der Waals surface area contributed by atoms with E-state index in [-0.39, 0.29) is 29.1 Å². The van der Waals surface area contributed by atoms with Crippen LogP contribution in [0.25, 0.3) is 0 Å². The molecule has 0 bridgehead atoms. The Balaban J connectivity index is 1.66. The fourth-order valence-electron chi connectivity index (χ4n) is 2.66. The summed E-state index contributed by atoms with van der Waals surface area (Å²) < 4.78 is 10.2. The quantitative estimate of drug-likeness (QED) is 0.389. The number of aromatic nitrogens is 3. The van der Waals surface area contributed by atoms with Crippen LogP contribution in [0.4, 0.5) is 23.3 Å². The van der Waals surface area contributed by atoms with Crippen molar-refractivity contribution in [2.24, 2.45) is 0 Å². The van der Waals surface area contributed by atoms with Crippen LogP contribution in [0.3, 0.4) is 0 Å². The van der Waals surface area contributed by atoms with Gasteiger partial charge in [0.05, 0.1) is 24.3 Å². The molecule has 0 fully saturated rings. The van der Waals surface area contributed by atoms with Crippen molar-refractivity contribution in [1.82, 2.24) is 15.0 Å². The van der Waals surface area contributed by atoms with Gasteiger partial charge in [-0.1, -0.05) is 13.8 Å². The molecule has 9 nitrogen and oxygen atoms in total. The Morgan fingerprint density at radius 2 is 1.12 bits per heavy atom. The maximum absolute atomic E-state index is 11.9. The number of nitrogens with one attached hydrogen (secondary N) is 2. The van der Waals surface area contributed by atoms with E-state index >= 15 is 0 Å². The third-order valence-electron chi connectivity index (χ3n) is 4.24. The largest absolute Gasteiger partial charge is 0.462 e. The van der Waals surface area contributed by atoms with Crippen molar-refractivity contribution in [3.63, 3.8) is 0 Å². The van der Waals surface area contributed by atoms with Gasteiger partial charge < -0.3 is 20.1 Å². The lowest BCUT2D eigenvalue weighted by Crippen LogP contribution is -2.07. The van der Waals surface area contributed by atoms with E-state index < -0.39 is 0 Å². The van der Waals surface area contributed by atoms with Gasteiger partial charge in [0.2, 0.25) is 17.2 Å². The second kappa shape index (κ2) is 11.8. The van der Waals surface area contributed by atoms with Gasteiger partial charge in [-0.05, 0) is 73.0 Å². The van der Waals surface area contributed by atoms with E-state index in [1.165, 1.54) is 0 Å². The SMILES string of the molecule is CCCOC(=O)c1ccc(Nc2nc(Cl)nc(Nc3ccc(C(=O)OCCC)cc3)n2)cc1. The molecule has 0 saturated carbocycles. The molecule has 0 unspecified atom stereocenters. The Hall–Kier alpha value is -3.72. The van der Waals surface area contributed by atoms with E-state index in [1.54, 1.807) is 48.5 Å². The Morgan fingerprint density at radius 1 is 0.727 bits per heavy atom. The van der Waals surface area contributed by atoms with Crippen LogP contribution in [0.5, 0.6) is 0 Å². The minimum Gasteiger partial charge on any atom is -0.462 e. The van der Waals surface area contributed by atoms with Crippen molar-refractivity contribution >= 4 is 46.8 Å². The molecule has 0 aliphatic carbocycles. The average Bonchev–Trinajstić information content (AvgIpc) is 2.81. The number of hydrogen-bond acceptors (Lipinski definition) is 9. The van der Waals surface area contributed by atoms with E-state index in [1.807, 2.05) is 13.8 Å². The van der Waals surface area contributed by atoms with Crippen molar-refractivity contribution in [3.8, 4) is 0 Å². The molecule has 1 heterocycles. The van der Waals surface area contributed by atoms with Gasteiger partial charge in [0.15, 0.2) is 0 Å². The summed E-state index contributed by atoms with van der Waals surface area (Å²) in [5, 5.41) is 6.04. The molecule has 3 rings (SSSR count). The maximum Gasteiger partial charge on any atom is 0.338 e. The van der Waals surface area contributed by atoms with Gasteiger partial charge in [-0.15, -0.1) is 0 Å². The summed E-state index contributed by atoms with van der Waals surface area (Å²) in [4.78, 5) is 36.3. The molecule has 2 aromatic carbocycles. The molecular weight excluding hydrogens is 446 g/mol. The zero-order valence-electron chi connectivity index (χ0n) is 18.3. The fourth-order valence-corrected chi connectivity index (χ4v) is 2.82. The molecule has 0 aliphatic rings. The Morgan fingerprint density at radius 3 is 1.48 bits per heavy atom. The number of hydrogen-bond donors (Lipinski definition) is 2. The van der Waals surface area contributed by atoms with Gasteiger partial charge in [-0.3, -0.25) is 0 Å². The van der Waals surface area contributed by atoms with Crippen LogP contribution >= 0.6 is 11.6 Å². The van der Waals surface area contributed by atoms with Crippen molar-refractivity contribution in [1.29, 1.82) is 0 Å². The van der Waals surface area contributed by atoms with Gasteiger partial charge in [0.25, 0.3) is 0 Å². The summed E-state index contributed by atoms with van der Waals surface area (Å²) in [7, 11) is 0. The second-order valence-electron chi connectivity index (χ2n) is 6.93. The maximum atomic E-state index is 11.9. The molecular formula is C23H24ClN5O4. The van der Waals surface area contributed by atoms with Crippen molar-refractivity contribution in [2.45, 2.75) is 26.7 Å². The van der Waals surface area contributed by atoms with E-state index in [4.69, 9.17) is 21.1 Å². The number of esters is 2. The molecule has 0 saturated heterocycles. The third-order valence-corrected chi connectivity index (χ3v) is 4.41. The number of benzene rings is 2. The first-order valence-corrected chi connectivity index (χ1v) is 10.9. The highest BCUT2D eigenvalue weighted by molar-refractivity contribution is 6.28. The lowest BCUT2D eigenvalue weighted by Gasteiger charge is -2.09. The molecule has 0 spiro atoms. The van der Waals surface area contributed by atoms with E-state index in [0.717, 1.165) is 12.8 Å². The first-order chi connectivity index (χ1) is 16.0. The molecule has 10 heteroatoms. The molecule has 0 radical (unpaired) electrons.